The minimum atomic E-state index is -1.58. The van der Waals surface area contributed by atoms with E-state index in [9.17, 15) is 35.1 Å². The number of aliphatic hydroxyl groups is 5. The summed E-state index contributed by atoms with van der Waals surface area (Å²) in [6, 6.07) is -0.829. The van der Waals surface area contributed by atoms with E-state index < -0.39 is 49.5 Å². The van der Waals surface area contributed by atoms with Gasteiger partial charge in [-0.2, -0.15) is 0 Å². The molecule has 0 spiro atoms. The summed E-state index contributed by atoms with van der Waals surface area (Å²) >= 11 is 0. The molecule has 0 aromatic carbocycles. The molecule has 6 N–H and O–H groups in total. The topological polar surface area (TPSA) is 175 Å². The number of aliphatic hydroxyl groups excluding tert-OH is 5. The zero-order chi connectivity index (χ0) is 65.8. The van der Waals surface area contributed by atoms with E-state index in [0.29, 0.717) is 19.4 Å². The molecule has 1 amide bonds. The number of amides is 1. The molecule has 1 aliphatic rings. The molecule has 11 nitrogen and oxygen atoms in total. The van der Waals surface area contributed by atoms with E-state index in [2.05, 4.69) is 43.5 Å². The normalized spacial score (nSPS) is 17.7. The molecule has 1 aliphatic heterocycles. The molecular weight excluding hydrogens is 1130 g/mol. The number of carbonyl (C=O) groups is 2. The number of esters is 1. The van der Waals surface area contributed by atoms with Gasteiger partial charge < -0.3 is 45.1 Å². The lowest BCUT2D eigenvalue weighted by Gasteiger charge is -2.40. The number of hydrogen-bond acceptors (Lipinski definition) is 10. The van der Waals surface area contributed by atoms with Crippen molar-refractivity contribution in [3.8, 4) is 0 Å². The molecule has 536 valence electrons. The smallest absolute Gasteiger partial charge is 0.305 e. The number of rotatable bonds is 71. The number of hydrogen-bond donors (Lipinski definition) is 6. The van der Waals surface area contributed by atoms with Crippen LogP contribution in [0, 0.1) is 0 Å². The third-order valence-corrected chi connectivity index (χ3v) is 19.0. The molecule has 1 fully saturated rings. The van der Waals surface area contributed by atoms with Crippen molar-refractivity contribution in [2.45, 2.75) is 442 Å². The predicted molar refractivity (Wildman–Crippen MR) is 384 cm³/mol. The first-order valence-electron chi connectivity index (χ1n) is 39.8. The van der Waals surface area contributed by atoms with E-state index in [1.54, 1.807) is 6.08 Å². The van der Waals surface area contributed by atoms with Crippen LogP contribution in [0.2, 0.25) is 0 Å². The van der Waals surface area contributed by atoms with Gasteiger partial charge >= 0.3 is 5.97 Å². The minimum Gasteiger partial charge on any atom is -0.466 e. The van der Waals surface area contributed by atoms with Gasteiger partial charge in [0.05, 0.1) is 32.0 Å². The van der Waals surface area contributed by atoms with E-state index >= 15 is 0 Å². The summed E-state index contributed by atoms with van der Waals surface area (Å²) in [5.41, 5.74) is 0. The molecule has 11 heteroatoms. The highest BCUT2D eigenvalue weighted by Gasteiger charge is 2.44. The fraction of sp³-hybridized carbons (Fsp3) is 0.900. The van der Waals surface area contributed by atoms with Crippen LogP contribution >= 0.6 is 0 Å². The minimum absolute atomic E-state index is 0.0202. The summed E-state index contributed by atoms with van der Waals surface area (Å²) in [5, 5.41) is 54.4. The Bertz CT molecular complexity index is 1610. The molecule has 0 bridgehead atoms. The van der Waals surface area contributed by atoms with Crippen LogP contribution in [0.4, 0.5) is 0 Å². The Morgan fingerprint density at radius 1 is 0.396 bits per heavy atom. The lowest BCUT2D eigenvalue weighted by Crippen LogP contribution is -2.60. The number of unbranched alkanes of at least 4 members (excludes halogenated alkanes) is 53. The van der Waals surface area contributed by atoms with Gasteiger partial charge in [-0.05, 0) is 51.4 Å². The van der Waals surface area contributed by atoms with Gasteiger partial charge in [-0.1, -0.05) is 371 Å². The monoisotopic (exact) mass is 1290 g/mol. The van der Waals surface area contributed by atoms with Crippen molar-refractivity contribution in [2.75, 3.05) is 19.8 Å². The van der Waals surface area contributed by atoms with Crippen molar-refractivity contribution in [1.82, 2.24) is 5.32 Å². The quantitative estimate of drug-likeness (QED) is 0.0195. The zero-order valence-electron chi connectivity index (χ0n) is 59.8. The van der Waals surface area contributed by atoms with E-state index in [1.165, 1.54) is 302 Å². The summed E-state index contributed by atoms with van der Waals surface area (Å²) in [6.45, 7) is 4.30. The molecule has 0 radical (unpaired) electrons. The van der Waals surface area contributed by atoms with Crippen LogP contribution in [0.3, 0.4) is 0 Å². The second-order valence-electron chi connectivity index (χ2n) is 27.8. The van der Waals surface area contributed by atoms with Crippen LogP contribution in [0.1, 0.15) is 399 Å². The third-order valence-electron chi connectivity index (χ3n) is 19.0. The van der Waals surface area contributed by atoms with Gasteiger partial charge in [0.2, 0.25) is 5.91 Å². The summed E-state index contributed by atoms with van der Waals surface area (Å²) in [5.74, 6) is -0.170. The van der Waals surface area contributed by atoms with Gasteiger partial charge in [0.25, 0.3) is 0 Å². The predicted octanol–water partition coefficient (Wildman–Crippen LogP) is 21.3. The number of allylic oxidation sites excluding steroid dienone is 5. The molecule has 1 heterocycles. The fourth-order valence-corrected chi connectivity index (χ4v) is 12.8. The molecule has 1 saturated heterocycles. The number of nitrogens with one attached hydrogen (secondary N) is 1. The largest absolute Gasteiger partial charge is 0.466 e. The summed E-state index contributed by atoms with van der Waals surface area (Å²) in [7, 11) is 0. The summed E-state index contributed by atoms with van der Waals surface area (Å²) < 4.78 is 16.7. The maximum absolute atomic E-state index is 13.0. The lowest BCUT2D eigenvalue weighted by molar-refractivity contribution is -0.302. The van der Waals surface area contributed by atoms with Crippen LogP contribution < -0.4 is 5.32 Å². The van der Waals surface area contributed by atoms with Gasteiger partial charge in [0.15, 0.2) is 6.29 Å². The Morgan fingerprint density at radius 3 is 1.07 bits per heavy atom. The Labute approximate surface area is 562 Å². The highest BCUT2D eigenvalue weighted by Crippen LogP contribution is 2.24. The first-order chi connectivity index (χ1) is 44.7. The first-order valence-corrected chi connectivity index (χ1v) is 39.8. The highest BCUT2D eigenvalue weighted by atomic mass is 16.7. The molecular formula is C80H151NO10. The Morgan fingerprint density at radius 2 is 0.714 bits per heavy atom. The molecule has 7 atom stereocenters. The molecule has 1 rings (SSSR count). The van der Waals surface area contributed by atoms with Crippen LogP contribution in [0.5, 0.6) is 0 Å². The average molecular weight is 1290 g/mol. The standard InChI is InChI=1S/C80H151NO10/c1-3-5-7-9-11-13-15-43-48-52-56-60-64-68-76(85)89-69-65-61-57-53-49-45-42-40-38-36-34-32-30-28-26-24-22-20-18-16-17-19-21-23-25-27-29-31-33-35-37-39-41-44-47-51-55-59-63-67-75(84)81-72(71-90-80-79(88)78(87)77(86)74(70-82)91-80)73(83)66-62-58-54-50-46-14-12-10-8-6-4-2/h8,10,46,50,62,66,72-74,77-80,82-83,86-88H,3-7,9,11-45,47-49,51-61,63-65,67-71H2,1-2H3,(H,81,84)/b10-8+,50-46+,66-62+. The fourth-order valence-electron chi connectivity index (χ4n) is 12.8. The second-order valence-corrected chi connectivity index (χ2v) is 27.8. The van der Waals surface area contributed by atoms with Crippen molar-refractivity contribution in [3.05, 3.63) is 36.5 Å². The zero-order valence-corrected chi connectivity index (χ0v) is 59.8. The van der Waals surface area contributed by atoms with E-state index in [0.717, 1.165) is 70.6 Å². The van der Waals surface area contributed by atoms with E-state index in [-0.39, 0.29) is 18.5 Å². The van der Waals surface area contributed by atoms with Crippen LogP contribution in [-0.4, -0.2) is 100 Å². The van der Waals surface area contributed by atoms with Crippen molar-refractivity contribution in [3.63, 3.8) is 0 Å². The molecule has 0 saturated carbocycles. The molecule has 0 aliphatic carbocycles. The van der Waals surface area contributed by atoms with Crippen molar-refractivity contribution in [1.29, 1.82) is 0 Å². The van der Waals surface area contributed by atoms with Crippen molar-refractivity contribution in [2.24, 2.45) is 0 Å². The van der Waals surface area contributed by atoms with Crippen molar-refractivity contribution >= 4 is 11.9 Å². The molecule has 91 heavy (non-hydrogen) atoms. The third kappa shape index (κ3) is 57.8. The van der Waals surface area contributed by atoms with E-state index in [4.69, 9.17) is 14.2 Å². The van der Waals surface area contributed by atoms with Gasteiger partial charge in [0, 0.05) is 12.8 Å². The number of carbonyl (C=O) groups excluding carboxylic acids is 2. The van der Waals surface area contributed by atoms with Crippen LogP contribution in [-0.2, 0) is 23.8 Å². The lowest BCUT2D eigenvalue weighted by atomic mass is 9.99. The average Bonchev–Trinajstić information content (AvgIpc) is 1.12. The van der Waals surface area contributed by atoms with Gasteiger partial charge in [0.1, 0.15) is 24.4 Å². The summed E-state index contributed by atoms with van der Waals surface area (Å²) in [6.07, 6.45) is 80.6. The highest BCUT2D eigenvalue weighted by molar-refractivity contribution is 5.76. The van der Waals surface area contributed by atoms with E-state index in [1.807, 2.05) is 6.08 Å². The first kappa shape index (κ1) is 86.9. The maximum atomic E-state index is 13.0. The van der Waals surface area contributed by atoms with Crippen LogP contribution in [0.25, 0.3) is 0 Å². The van der Waals surface area contributed by atoms with Gasteiger partial charge in [-0.25, -0.2) is 0 Å². The van der Waals surface area contributed by atoms with Gasteiger partial charge in [-0.15, -0.1) is 0 Å². The van der Waals surface area contributed by atoms with Crippen LogP contribution in [0.15, 0.2) is 36.5 Å². The Kier molecular flexibility index (Phi) is 66.1. The molecule has 0 aromatic heterocycles. The maximum Gasteiger partial charge on any atom is 0.305 e. The Hall–Kier alpha value is -2.12. The molecule has 0 aromatic rings. The van der Waals surface area contributed by atoms with Crippen molar-refractivity contribution < 1.29 is 49.3 Å². The SMILES string of the molecule is CCC/C=C/CC/C=C/CC/C=C/C(O)C(COC1OC(CO)C(O)C(O)C1O)NC(=O)CCCCCCCCCCCCCCCCCCCCCCCCCCCCCCCCCCCCCCCCCOC(=O)CCCCCCCCCCCCCCC. The van der Waals surface area contributed by atoms with Gasteiger partial charge in [-0.3, -0.25) is 9.59 Å². The Balaban J connectivity index is 1.86. The second kappa shape index (κ2) is 69.2. The molecule has 7 unspecified atom stereocenters. The summed E-state index contributed by atoms with van der Waals surface area (Å²) in [4.78, 5) is 25.1. The number of ether oxygens (including phenoxy) is 3.